The summed E-state index contributed by atoms with van der Waals surface area (Å²) in [5.41, 5.74) is 2.32. The van der Waals surface area contributed by atoms with Gasteiger partial charge in [-0.1, -0.05) is 23.9 Å². The molecular weight excluding hydrogens is 392 g/mol. The maximum Gasteiger partial charge on any atom is 0.252 e. The van der Waals surface area contributed by atoms with Crippen LogP contribution in [0, 0.1) is 0 Å². The van der Waals surface area contributed by atoms with Crippen LogP contribution in [0.25, 0.3) is 10.2 Å². The van der Waals surface area contributed by atoms with Crippen LogP contribution in [0.4, 0.5) is 11.6 Å². The topological polar surface area (TPSA) is 79.9 Å². The standard InChI is InChI=1S/C20H18N4O2S2/c1-2-26-15-9-7-13(8-10-15)21-19-22-14(11-18(25)24-19)12-27-20-23-16-5-3-4-6-17(16)28-20/h3-11H,2,12H2,1H3,(H2,21,22,24,25). The molecule has 4 rings (SSSR count). The van der Waals surface area contributed by atoms with Crippen molar-refractivity contribution in [1.82, 2.24) is 15.0 Å². The summed E-state index contributed by atoms with van der Waals surface area (Å²) in [6.07, 6.45) is 0. The number of para-hydroxylation sites is 1. The number of fused-ring (bicyclic) bond motifs is 1. The Hall–Kier alpha value is -2.84. The number of aromatic nitrogens is 3. The first-order valence-corrected chi connectivity index (χ1v) is 10.6. The lowest BCUT2D eigenvalue weighted by Gasteiger charge is -2.08. The lowest BCUT2D eigenvalue weighted by molar-refractivity contribution is 0.340. The van der Waals surface area contributed by atoms with Crippen LogP contribution >= 0.6 is 23.1 Å². The van der Waals surface area contributed by atoms with Crippen molar-refractivity contribution in [3.8, 4) is 5.75 Å². The van der Waals surface area contributed by atoms with Gasteiger partial charge < -0.3 is 10.1 Å². The Bertz CT molecular complexity index is 1110. The molecule has 0 unspecified atom stereocenters. The fraction of sp³-hybridized carbons (Fsp3) is 0.150. The molecule has 0 aliphatic heterocycles. The van der Waals surface area contributed by atoms with Gasteiger partial charge in [-0.05, 0) is 43.3 Å². The highest BCUT2D eigenvalue weighted by molar-refractivity contribution is 8.00. The molecule has 0 aliphatic carbocycles. The molecule has 2 heterocycles. The quantitative estimate of drug-likeness (QED) is 0.426. The summed E-state index contributed by atoms with van der Waals surface area (Å²) in [5, 5.41) is 3.13. The zero-order valence-corrected chi connectivity index (χ0v) is 16.8. The predicted molar refractivity (Wildman–Crippen MR) is 115 cm³/mol. The Morgan fingerprint density at radius 3 is 2.75 bits per heavy atom. The number of nitrogens with one attached hydrogen (secondary N) is 2. The molecule has 0 amide bonds. The molecule has 0 fully saturated rings. The van der Waals surface area contributed by atoms with Crippen molar-refractivity contribution < 1.29 is 4.74 Å². The van der Waals surface area contributed by atoms with E-state index in [2.05, 4.69) is 26.3 Å². The van der Waals surface area contributed by atoms with Gasteiger partial charge in [0.1, 0.15) is 5.75 Å². The second-order valence-electron chi connectivity index (χ2n) is 5.90. The summed E-state index contributed by atoms with van der Waals surface area (Å²) in [4.78, 5) is 23.9. The smallest absolute Gasteiger partial charge is 0.252 e. The second kappa shape index (κ2) is 8.45. The molecule has 0 radical (unpaired) electrons. The molecule has 4 aromatic rings. The van der Waals surface area contributed by atoms with Gasteiger partial charge in [-0.2, -0.15) is 0 Å². The fourth-order valence-electron chi connectivity index (χ4n) is 2.63. The molecular formula is C20H18N4O2S2. The van der Waals surface area contributed by atoms with Crippen molar-refractivity contribution in [1.29, 1.82) is 0 Å². The lowest BCUT2D eigenvalue weighted by Crippen LogP contribution is -2.11. The first-order chi connectivity index (χ1) is 13.7. The third-order valence-electron chi connectivity index (χ3n) is 3.84. The van der Waals surface area contributed by atoms with Crippen LogP contribution in [0.5, 0.6) is 5.75 Å². The Morgan fingerprint density at radius 1 is 1.14 bits per heavy atom. The van der Waals surface area contributed by atoms with Crippen LogP contribution in [0.3, 0.4) is 0 Å². The number of thiazole rings is 1. The van der Waals surface area contributed by atoms with E-state index in [9.17, 15) is 4.79 Å². The first-order valence-electron chi connectivity index (χ1n) is 8.78. The number of H-pyrrole nitrogens is 1. The Kier molecular flexibility index (Phi) is 5.59. The van der Waals surface area contributed by atoms with E-state index in [1.165, 1.54) is 6.07 Å². The summed E-state index contributed by atoms with van der Waals surface area (Å²) >= 11 is 3.22. The molecule has 0 bridgehead atoms. The van der Waals surface area contributed by atoms with Gasteiger partial charge in [0.25, 0.3) is 5.56 Å². The van der Waals surface area contributed by atoms with Gasteiger partial charge in [0.2, 0.25) is 5.95 Å². The molecule has 28 heavy (non-hydrogen) atoms. The van der Waals surface area contributed by atoms with E-state index in [0.29, 0.717) is 24.0 Å². The number of nitrogens with zero attached hydrogens (tertiary/aromatic N) is 2. The highest BCUT2D eigenvalue weighted by Gasteiger charge is 2.07. The fourth-order valence-corrected chi connectivity index (χ4v) is 4.59. The van der Waals surface area contributed by atoms with Gasteiger partial charge in [0.05, 0.1) is 22.5 Å². The zero-order valence-electron chi connectivity index (χ0n) is 15.1. The molecule has 0 aliphatic rings. The molecule has 0 saturated carbocycles. The van der Waals surface area contributed by atoms with Gasteiger partial charge in [0, 0.05) is 17.5 Å². The van der Waals surface area contributed by atoms with Crippen LogP contribution in [0.1, 0.15) is 12.6 Å². The average Bonchev–Trinajstić information content (AvgIpc) is 3.11. The largest absolute Gasteiger partial charge is 0.494 e. The zero-order chi connectivity index (χ0) is 19.3. The Balaban J connectivity index is 1.46. The van der Waals surface area contributed by atoms with Crippen LogP contribution < -0.4 is 15.6 Å². The van der Waals surface area contributed by atoms with E-state index in [-0.39, 0.29) is 5.56 Å². The number of anilines is 2. The van der Waals surface area contributed by atoms with Gasteiger partial charge in [-0.25, -0.2) is 9.97 Å². The first kappa shape index (κ1) is 18.5. The molecule has 8 heteroatoms. The predicted octanol–water partition coefficient (Wildman–Crippen LogP) is 4.81. The number of hydrogen-bond acceptors (Lipinski definition) is 7. The summed E-state index contributed by atoms with van der Waals surface area (Å²) in [7, 11) is 0. The van der Waals surface area contributed by atoms with E-state index in [0.717, 1.165) is 26.0 Å². The molecule has 0 atom stereocenters. The van der Waals surface area contributed by atoms with Crippen LogP contribution in [-0.2, 0) is 5.75 Å². The van der Waals surface area contributed by atoms with E-state index in [4.69, 9.17) is 4.74 Å². The molecule has 2 aromatic heterocycles. The van der Waals surface area contributed by atoms with Gasteiger partial charge >= 0.3 is 0 Å². The van der Waals surface area contributed by atoms with Gasteiger partial charge in [-0.3, -0.25) is 9.78 Å². The number of benzene rings is 2. The van der Waals surface area contributed by atoms with Crippen molar-refractivity contribution >= 4 is 45.0 Å². The van der Waals surface area contributed by atoms with E-state index in [1.807, 2.05) is 49.4 Å². The highest BCUT2D eigenvalue weighted by atomic mass is 32.2. The van der Waals surface area contributed by atoms with Crippen molar-refractivity contribution in [2.45, 2.75) is 17.0 Å². The molecule has 0 saturated heterocycles. The molecule has 2 aromatic carbocycles. The van der Waals surface area contributed by atoms with Crippen molar-refractivity contribution in [2.24, 2.45) is 0 Å². The van der Waals surface area contributed by atoms with Crippen molar-refractivity contribution in [3.05, 3.63) is 70.6 Å². The lowest BCUT2D eigenvalue weighted by atomic mass is 10.3. The number of aromatic amines is 1. The monoisotopic (exact) mass is 410 g/mol. The SMILES string of the molecule is CCOc1ccc(Nc2nc(CSc3nc4ccccc4s3)cc(=O)[nH]2)cc1. The Labute approximate surface area is 170 Å². The highest BCUT2D eigenvalue weighted by Crippen LogP contribution is 2.31. The van der Waals surface area contributed by atoms with E-state index in [1.54, 1.807) is 23.1 Å². The number of hydrogen-bond donors (Lipinski definition) is 2. The molecule has 2 N–H and O–H groups in total. The number of thioether (sulfide) groups is 1. The summed E-state index contributed by atoms with van der Waals surface area (Å²) in [6, 6.07) is 17.1. The minimum atomic E-state index is -0.191. The summed E-state index contributed by atoms with van der Waals surface area (Å²) in [5.74, 6) is 1.79. The summed E-state index contributed by atoms with van der Waals surface area (Å²) in [6.45, 7) is 2.56. The van der Waals surface area contributed by atoms with Crippen molar-refractivity contribution in [3.63, 3.8) is 0 Å². The van der Waals surface area contributed by atoms with Crippen LogP contribution in [0.2, 0.25) is 0 Å². The van der Waals surface area contributed by atoms with E-state index >= 15 is 0 Å². The second-order valence-corrected chi connectivity index (χ2v) is 8.16. The normalized spacial score (nSPS) is 10.9. The van der Waals surface area contributed by atoms with E-state index < -0.39 is 0 Å². The maximum absolute atomic E-state index is 12.0. The van der Waals surface area contributed by atoms with Gasteiger partial charge in [-0.15, -0.1) is 11.3 Å². The Morgan fingerprint density at radius 2 is 1.96 bits per heavy atom. The molecule has 142 valence electrons. The molecule has 6 nitrogen and oxygen atoms in total. The van der Waals surface area contributed by atoms with Crippen LogP contribution in [-0.4, -0.2) is 21.6 Å². The third kappa shape index (κ3) is 4.52. The minimum absolute atomic E-state index is 0.191. The minimum Gasteiger partial charge on any atom is -0.494 e. The number of rotatable bonds is 7. The third-order valence-corrected chi connectivity index (χ3v) is 6.05. The van der Waals surface area contributed by atoms with Crippen molar-refractivity contribution in [2.75, 3.05) is 11.9 Å². The van der Waals surface area contributed by atoms with Crippen LogP contribution in [0.15, 0.2) is 63.7 Å². The number of ether oxygens (including phenoxy) is 1. The summed E-state index contributed by atoms with van der Waals surface area (Å²) < 4.78 is 7.55. The maximum atomic E-state index is 12.0. The molecule has 0 spiro atoms. The average molecular weight is 411 g/mol. The van der Waals surface area contributed by atoms with Gasteiger partial charge in [0.15, 0.2) is 4.34 Å².